The molecule has 1 saturated heterocycles. The van der Waals surface area contributed by atoms with E-state index in [-0.39, 0.29) is 5.91 Å². The average molecular weight is 451 g/mol. The van der Waals surface area contributed by atoms with Gasteiger partial charge in [-0.25, -0.2) is 0 Å². The molecule has 0 N–H and O–H groups in total. The van der Waals surface area contributed by atoms with Crippen molar-refractivity contribution in [2.24, 2.45) is 0 Å². The van der Waals surface area contributed by atoms with Crippen molar-refractivity contribution < 1.29 is 19.0 Å². The molecule has 3 aliphatic rings. The molecule has 6 heteroatoms. The van der Waals surface area contributed by atoms with Gasteiger partial charge in [0.05, 0.1) is 13.2 Å². The van der Waals surface area contributed by atoms with E-state index in [1.165, 1.54) is 19.3 Å². The summed E-state index contributed by atoms with van der Waals surface area (Å²) in [6, 6.07) is 14.9. The molecule has 176 valence electrons. The number of benzene rings is 2. The fourth-order valence-corrected chi connectivity index (χ4v) is 4.99. The van der Waals surface area contributed by atoms with Gasteiger partial charge < -0.3 is 19.1 Å². The lowest BCUT2D eigenvalue weighted by Crippen LogP contribution is -2.54. The van der Waals surface area contributed by atoms with E-state index in [1.54, 1.807) is 19.1 Å². The summed E-state index contributed by atoms with van der Waals surface area (Å²) in [5, 5.41) is 0. The average Bonchev–Trinajstić information content (AvgIpc) is 2.82. The van der Waals surface area contributed by atoms with Crippen LogP contribution < -0.4 is 4.74 Å². The quantitative estimate of drug-likeness (QED) is 0.656. The Labute approximate surface area is 196 Å². The van der Waals surface area contributed by atoms with E-state index < -0.39 is 5.79 Å². The molecular weight excluding hydrogens is 416 g/mol. The Bertz CT molecular complexity index is 978. The largest absolute Gasteiger partial charge is 0.462 e. The zero-order valence-corrected chi connectivity index (χ0v) is 19.7. The molecule has 1 amide bonds. The number of hydrogen-bond donors (Lipinski definition) is 0. The van der Waals surface area contributed by atoms with E-state index in [9.17, 15) is 4.79 Å². The molecule has 2 heterocycles. The summed E-state index contributed by atoms with van der Waals surface area (Å²) < 4.78 is 17.8. The number of nitrogens with zero attached hydrogens (tertiary/aromatic N) is 2. The van der Waals surface area contributed by atoms with Crippen LogP contribution in [0.1, 0.15) is 48.0 Å². The highest BCUT2D eigenvalue weighted by Gasteiger charge is 2.42. The standard InChI is InChI=1S/C27H34N2O4/c1-28(16-17-31-2)26(30)21-8-6-20(7-9-21)22-10-11-25-23(18-22)19-32-27(33-25)12-14-29(15-13-27)24-4-3-5-24/h6-11,18,24H,3-5,12-17,19H2,1-2H3. The minimum absolute atomic E-state index is 0.000468. The van der Waals surface area contributed by atoms with Crippen molar-refractivity contribution in [3.8, 4) is 16.9 Å². The molecule has 2 aliphatic heterocycles. The first-order chi connectivity index (χ1) is 16.1. The number of ether oxygens (including phenoxy) is 3. The SMILES string of the molecule is COCCN(C)C(=O)c1ccc(-c2ccc3c(c2)COC2(CCN(C4CCC4)CC2)O3)cc1. The van der Waals surface area contributed by atoms with E-state index in [4.69, 9.17) is 14.2 Å². The van der Waals surface area contributed by atoms with E-state index >= 15 is 0 Å². The van der Waals surface area contributed by atoms with Gasteiger partial charge in [0, 0.05) is 63.8 Å². The molecule has 0 radical (unpaired) electrons. The van der Waals surface area contributed by atoms with Crippen molar-refractivity contribution in [2.45, 2.75) is 50.5 Å². The molecule has 33 heavy (non-hydrogen) atoms. The van der Waals surface area contributed by atoms with Crippen molar-refractivity contribution in [2.75, 3.05) is 40.4 Å². The number of amides is 1. The van der Waals surface area contributed by atoms with Crippen LogP contribution in [0.2, 0.25) is 0 Å². The van der Waals surface area contributed by atoms with Crippen molar-refractivity contribution in [3.63, 3.8) is 0 Å². The van der Waals surface area contributed by atoms with Gasteiger partial charge in [-0.3, -0.25) is 9.69 Å². The monoisotopic (exact) mass is 450 g/mol. The number of likely N-dealkylation sites (tertiary alicyclic amines) is 1. The summed E-state index contributed by atoms with van der Waals surface area (Å²) >= 11 is 0. The molecule has 0 atom stereocenters. The first-order valence-corrected chi connectivity index (χ1v) is 12.1. The van der Waals surface area contributed by atoms with E-state index in [0.717, 1.165) is 54.4 Å². The van der Waals surface area contributed by atoms with Crippen LogP contribution in [-0.4, -0.2) is 67.9 Å². The number of hydrogen-bond acceptors (Lipinski definition) is 5. The zero-order chi connectivity index (χ0) is 22.8. The maximum absolute atomic E-state index is 12.5. The molecule has 2 aromatic carbocycles. The first-order valence-electron chi connectivity index (χ1n) is 12.1. The minimum atomic E-state index is -0.467. The lowest BCUT2D eigenvalue weighted by molar-refractivity contribution is -0.231. The Hall–Kier alpha value is -2.41. The second kappa shape index (κ2) is 9.45. The summed E-state index contributed by atoms with van der Waals surface area (Å²) in [6.45, 7) is 3.79. The van der Waals surface area contributed by atoms with Crippen LogP contribution in [0.4, 0.5) is 0 Å². The van der Waals surface area contributed by atoms with Gasteiger partial charge in [0.25, 0.3) is 5.91 Å². The van der Waals surface area contributed by atoms with Gasteiger partial charge in [0.15, 0.2) is 0 Å². The number of fused-ring (bicyclic) bond motifs is 1. The summed E-state index contributed by atoms with van der Waals surface area (Å²) in [6.07, 6.45) is 5.93. The lowest BCUT2D eigenvalue weighted by Gasteiger charge is -2.47. The molecule has 2 fully saturated rings. The number of likely N-dealkylation sites (N-methyl/N-ethyl adjacent to an activating group) is 1. The van der Waals surface area contributed by atoms with Gasteiger partial charge in [0.2, 0.25) is 5.79 Å². The minimum Gasteiger partial charge on any atom is -0.462 e. The van der Waals surface area contributed by atoms with Crippen molar-refractivity contribution in [3.05, 3.63) is 53.6 Å². The van der Waals surface area contributed by atoms with Crippen molar-refractivity contribution in [1.82, 2.24) is 9.80 Å². The maximum Gasteiger partial charge on any atom is 0.253 e. The van der Waals surface area contributed by atoms with Gasteiger partial charge in [-0.15, -0.1) is 0 Å². The van der Waals surface area contributed by atoms with Crippen LogP contribution in [0.5, 0.6) is 5.75 Å². The second-order valence-electron chi connectivity index (χ2n) is 9.54. The third-order valence-electron chi connectivity index (χ3n) is 7.44. The molecule has 0 unspecified atom stereocenters. The molecule has 1 spiro atoms. The molecule has 0 bridgehead atoms. The van der Waals surface area contributed by atoms with Gasteiger partial charge in [-0.2, -0.15) is 0 Å². The smallest absolute Gasteiger partial charge is 0.253 e. The fraction of sp³-hybridized carbons (Fsp3) is 0.519. The van der Waals surface area contributed by atoms with Crippen LogP contribution in [0.3, 0.4) is 0 Å². The topological polar surface area (TPSA) is 51.2 Å². The molecule has 5 rings (SSSR count). The fourth-order valence-electron chi connectivity index (χ4n) is 4.99. The highest BCUT2D eigenvalue weighted by atomic mass is 16.7. The third-order valence-corrected chi connectivity index (χ3v) is 7.44. The molecular formula is C27H34N2O4. The predicted octanol–water partition coefficient (Wildman–Crippen LogP) is 4.33. The number of rotatable bonds is 6. The highest BCUT2D eigenvalue weighted by molar-refractivity contribution is 5.94. The first kappa shape index (κ1) is 22.4. The Balaban J connectivity index is 1.24. The highest BCUT2D eigenvalue weighted by Crippen LogP contribution is 2.40. The number of methoxy groups -OCH3 is 1. The van der Waals surface area contributed by atoms with E-state index in [1.807, 2.05) is 24.3 Å². The molecule has 1 saturated carbocycles. The van der Waals surface area contributed by atoms with E-state index in [2.05, 4.69) is 23.1 Å². The van der Waals surface area contributed by atoms with E-state index in [0.29, 0.717) is 25.3 Å². The van der Waals surface area contributed by atoms with Crippen LogP contribution in [-0.2, 0) is 16.1 Å². The third kappa shape index (κ3) is 4.65. The van der Waals surface area contributed by atoms with Gasteiger partial charge in [-0.1, -0.05) is 24.6 Å². The van der Waals surface area contributed by atoms with Crippen molar-refractivity contribution >= 4 is 5.91 Å². The van der Waals surface area contributed by atoms with Gasteiger partial charge >= 0.3 is 0 Å². The molecule has 6 nitrogen and oxygen atoms in total. The number of piperidine rings is 1. The van der Waals surface area contributed by atoms with Crippen LogP contribution in [0.15, 0.2) is 42.5 Å². The predicted molar refractivity (Wildman–Crippen MR) is 127 cm³/mol. The van der Waals surface area contributed by atoms with Crippen LogP contribution >= 0.6 is 0 Å². The molecule has 2 aromatic rings. The Morgan fingerprint density at radius 2 is 1.85 bits per heavy atom. The summed E-state index contributed by atoms with van der Waals surface area (Å²) in [5.41, 5.74) is 3.93. The van der Waals surface area contributed by atoms with Gasteiger partial charge in [-0.05, 0) is 48.2 Å². The zero-order valence-electron chi connectivity index (χ0n) is 19.7. The van der Waals surface area contributed by atoms with Crippen LogP contribution in [0.25, 0.3) is 11.1 Å². The summed E-state index contributed by atoms with van der Waals surface area (Å²) in [4.78, 5) is 16.8. The Kier molecular flexibility index (Phi) is 6.41. The van der Waals surface area contributed by atoms with Crippen LogP contribution in [0, 0.1) is 0 Å². The second-order valence-corrected chi connectivity index (χ2v) is 9.54. The number of carbonyl (C=O) groups excluding carboxylic acids is 1. The summed E-state index contributed by atoms with van der Waals surface area (Å²) in [5.74, 6) is 0.471. The Morgan fingerprint density at radius 1 is 1.12 bits per heavy atom. The number of carbonyl (C=O) groups is 1. The normalized spacial score (nSPS) is 20.1. The van der Waals surface area contributed by atoms with Gasteiger partial charge in [0.1, 0.15) is 5.75 Å². The maximum atomic E-state index is 12.5. The van der Waals surface area contributed by atoms with Crippen molar-refractivity contribution in [1.29, 1.82) is 0 Å². The summed E-state index contributed by atoms with van der Waals surface area (Å²) in [7, 11) is 3.43. The lowest BCUT2D eigenvalue weighted by atomic mass is 9.89. The molecule has 1 aliphatic carbocycles. The Morgan fingerprint density at radius 3 is 2.52 bits per heavy atom. The molecule has 0 aromatic heterocycles.